The number of nitrogens with one attached hydrogen (secondary N) is 1. The molecule has 1 fully saturated rings. The molecule has 1 aromatic heterocycles. The molecule has 0 amide bonds. The summed E-state index contributed by atoms with van der Waals surface area (Å²) in [7, 11) is -2.86. The summed E-state index contributed by atoms with van der Waals surface area (Å²) in [5, 5.41) is 3.36. The topological polar surface area (TPSA) is 62.3 Å². The molecule has 0 aromatic carbocycles. The number of likely N-dealkylation sites (tertiary alicyclic amines) is 1. The van der Waals surface area contributed by atoms with E-state index in [0.717, 1.165) is 37.6 Å². The molecule has 0 aliphatic carbocycles. The van der Waals surface area contributed by atoms with E-state index in [1.165, 1.54) is 6.26 Å². The first kappa shape index (κ1) is 15.3. The second-order valence-electron chi connectivity index (χ2n) is 5.63. The summed E-state index contributed by atoms with van der Waals surface area (Å²) >= 11 is 0. The van der Waals surface area contributed by atoms with Crippen molar-refractivity contribution in [1.29, 1.82) is 0 Å². The van der Waals surface area contributed by atoms with Crippen molar-refractivity contribution in [2.75, 3.05) is 43.5 Å². The molecule has 2 heterocycles. The first-order valence-corrected chi connectivity index (χ1v) is 9.06. The molecule has 1 aromatic rings. The van der Waals surface area contributed by atoms with Gasteiger partial charge in [-0.25, -0.2) is 13.4 Å². The molecule has 1 aliphatic heterocycles. The Kier molecular flexibility index (Phi) is 4.99. The van der Waals surface area contributed by atoms with Gasteiger partial charge in [-0.05, 0) is 37.9 Å². The van der Waals surface area contributed by atoms with Gasteiger partial charge in [0.05, 0.1) is 5.75 Å². The Balaban J connectivity index is 1.73. The van der Waals surface area contributed by atoms with Crippen molar-refractivity contribution in [3.8, 4) is 0 Å². The van der Waals surface area contributed by atoms with Crippen LogP contribution in [-0.2, 0) is 9.84 Å². The maximum atomic E-state index is 11.2. The lowest BCUT2D eigenvalue weighted by Gasteiger charge is -2.15. The summed E-state index contributed by atoms with van der Waals surface area (Å²) in [5.74, 6) is 1.74. The standard InChI is InChI=1S/C14H23N3O2S/c1-12-4-3-5-14(16-12)15-10-13-6-7-17(11-13)8-9-20(2,18)19/h3-5,13H,6-11H2,1-2H3,(H,15,16)/t13-/m1/s1. The summed E-state index contributed by atoms with van der Waals surface area (Å²) in [6, 6.07) is 5.95. The molecule has 112 valence electrons. The minimum atomic E-state index is -2.86. The highest BCUT2D eigenvalue weighted by Crippen LogP contribution is 2.16. The summed E-state index contributed by atoms with van der Waals surface area (Å²) in [6.07, 6.45) is 2.41. The van der Waals surface area contributed by atoms with Crippen LogP contribution in [0.5, 0.6) is 0 Å². The number of nitrogens with zero attached hydrogens (tertiary/aromatic N) is 2. The minimum absolute atomic E-state index is 0.257. The van der Waals surface area contributed by atoms with E-state index in [0.29, 0.717) is 12.5 Å². The Labute approximate surface area is 121 Å². The molecule has 0 spiro atoms. The molecule has 0 radical (unpaired) electrons. The maximum absolute atomic E-state index is 11.2. The van der Waals surface area contributed by atoms with Gasteiger partial charge in [-0.1, -0.05) is 6.07 Å². The third-order valence-corrected chi connectivity index (χ3v) is 4.53. The van der Waals surface area contributed by atoms with Crippen LogP contribution in [0.25, 0.3) is 0 Å². The van der Waals surface area contributed by atoms with Crippen LogP contribution in [0.2, 0.25) is 0 Å². The molecular weight excluding hydrogens is 274 g/mol. The maximum Gasteiger partial charge on any atom is 0.148 e. The highest BCUT2D eigenvalue weighted by atomic mass is 32.2. The molecule has 2 rings (SSSR count). The van der Waals surface area contributed by atoms with Crippen LogP contribution in [0.15, 0.2) is 18.2 Å². The summed E-state index contributed by atoms with van der Waals surface area (Å²) in [5.41, 5.74) is 1.01. The van der Waals surface area contributed by atoms with Crippen molar-refractivity contribution >= 4 is 15.7 Å². The molecular formula is C14H23N3O2S. The Morgan fingerprint density at radius 1 is 1.45 bits per heavy atom. The molecule has 0 unspecified atom stereocenters. The number of anilines is 1. The fraction of sp³-hybridized carbons (Fsp3) is 0.643. The quantitative estimate of drug-likeness (QED) is 0.854. The summed E-state index contributed by atoms with van der Waals surface area (Å²) in [4.78, 5) is 6.65. The molecule has 20 heavy (non-hydrogen) atoms. The van der Waals surface area contributed by atoms with Crippen LogP contribution in [0.3, 0.4) is 0 Å². The van der Waals surface area contributed by atoms with Gasteiger partial charge in [0.2, 0.25) is 0 Å². The van der Waals surface area contributed by atoms with Gasteiger partial charge >= 0.3 is 0 Å². The lowest BCUT2D eigenvalue weighted by molar-refractivity contribution is 0.345. The van der Waals surface area contributed by atoms with Gasteiger partial charge in [-0.2, -0.15) is 0 Å². The highest BCUT2D eigenvalue weighted by molar-refractivity contribution is 7.90. The van der Waals surface area contributed by atoms with Gasteiger partial charge in [0.15, 0.2) is 0 Å². The largest absolute Gasteiger partial charge is 0.370 e. The minimum Gasteiger partial charge on any atom is -0.370 e. The summed E-state index contributed by atoms with van der Waals surface area (Å²) < 4.78 is 22.3. The zero-order valence-corrected chi connectivity index (χ0v) is 13.0. The zero-order valence-electron chi connectivity index (χ0n) is 12.2. The number of aromatic nitrogens is 1. The molecule has 1 aliphatic rings. The van der Waals surface area contributed by atoms with E-state index < -0.39 is 9.84 Å². The first-order valence-electron chi connectivity index (χ1n) is 7.00. The van der Waals surface area contributed by atoms with Crippen molar-refractivity contribution in [1.82, 2.24) is 9.88 Å². The molecule has 5 nitrogen and oxygen atoms in total. The van der Waals surface area contributed by atoms with Crippen molar-refractivity contribution < 1.29 is 8.42 Å². The number of aryl methyl sites for hydroxylation is 1. The number of rotatable bonds is 6. The first-order chi connectivity index (χ1) is 9.42. The van der Waals surface area contributed by atoms with Crippen LogP contribution in [0, 0.1) is 12.8 Å². The lowest BCUT2D eigenvalue weighted by Crippen LogP contribution is -2.28. The van der Waals surface area contributed by atoms with E-state index >= 15 is 0 Å². The summed E-state index contributed by atoms with van der Waals surface area (Å²) in [6.45, 7) is 5.48. The Bertz CT molecular complexity index is 545. The van der Waals surface area contributed by atoms with E-state index in [1.54, 1.807) is 0 Å². The number of sulfone groups is 1. The Hall–Kier alpha value is -1.14. The van der Waals surface area contributed by atoms with Crippen molar-refractivity contribution in [3.63, 3.8) is 0 Å². The molecule has 0 saturated carbocycles. The SMILES string of the molecule is Cc1cccc(NC[C@H]2CCN(CCS(C)(=O)=O)C2)n1. The number of pyridine rings is 1. The van der Waals surface area contributed by atoms with Gasteiger partial charge in [-0.15, -0.1) is 0 Å². The van der Waals surface area contributed by atoms with E-state index in [9.17, 15) is 8.42 Å². The predicted molar refractivity (Wildman–Crippen MR) is 81.7 cm³/mol. The molecule has 0 bridgehead atoms. The van der Waals surface area contributed by atoms with Crippen LogP contribution >= 0.6 is 0 Å². The van der Waals surface area contributed by atoms with E-state index in [4.69, 9.17) is 0 Å². The smallest absolute Gasteiger partial charge is 0.148 e. The van der Waals surface area contributed by atoms with Crippen molar-refractivity contribution in [2.45, 2.75) is 13.3 Å². The van der Waals surface area contributed by atoms with Gasteiger partial charge in [-0.3, -0.25) is 0 Å². The third kappa shape index (κ3) is 5.09. The second-order valence-corrected chi connectivity index (χ2v) is 7.89. The van der Waals surface area contributed by atoms with Crippen LogP contribution < -0.4 is 5.32 Å². The van der Waals surface area contributed by atoms with E-state index in [2.05, 4.69) is 15.2 Å². The van der Waals surface area contributed by atoms with E-state index in [1.807, 2.05) is 25.1 Å². The fourth-order valence-corrected chi connectivity index (χ4v) is 3.06. The second kappa shape index (κ2) is 6.54. The molecule has 1 N–H and O–H groups in total. The van der Waals surface area contributed by atoms with Gasteiger partial charge in [0.1, 0.15) is 15.7 Å². The molecule has 1 atom stereocenters. The normalized spacial score (nSPS) is 20.2. The average molecular weight is 297 g/mol. The highest BCUT2D eigenvalue weighted by Gasteiger charge is 2.22. The van der Waals surface area contributed by atoms with E-state index in [-0.39, 0.29) is 5.75 Å². The van der Waals surface area contributed by atoms with Crippen LogP contribution in [0.1, 0.15) is 12.1 Å². The Morgan fingerprint density at radius 3 is 2.95 bits per heavy atom. The number of hydrogen-bond donors (Lipinski definition) is 1. The number of hydrogen-bond acceptors (Lipinski definition) is 5. The molecule has 6 heteroatoms. The van der Waals surface area contributed by atoms with Crippen LogP contribution in [0.4, 0.5) is 5.82 Å². The van der Waals surface area contributed by atoms with Gasteiger partial charge < -0.3 is 10.2 Å². The average Bonchev–Trinajstić information content (AvgIpc) is 2.81. The predicted octanol–water partition coefficient (Wildman–Crippen LogP) is 1.17. The van der Waals surface area contributed by atoms with Gasteiger partial charge in [0, 0.05) is 31.6 Å². The van der Waals surface area contributed by atoms with Gasteiger partial charge in [0.25, 0.3) is 0 Å². The molecule has 1 saturated heterocycles. The zero-order chi connectivity index (χ0) is 14.6. The van der Waals surface area contributed by atoms with Crippen molar-refractivity contribution in [3.05, 3.63) is 23.9 Å². The third-order valence-electron chi connectivity index (χ3n) is 3.61. The van der Waals surface area contributed by atoms with Crippen molar-refractivity contribution in [2.24, 2.45) is 5.92 Å². The Morgan fingerprint density at radius 2 is 2.25 bits per heavy atom. The lowest BCUT2D eigenvalue weighted by atomic mass is 10.1. The monoisotopic (exact) mass is 297 g/mol. The fourth-order valence-electron chi connectivity index (χ4n) is 2.47. The van der Waals surface area contributed by atoms with Crippen LogP contribution in [-0.4, -0.2) is 56.5 Å².